The highest BCUT2D eigenvalue weighted by molar-refractivity contribution is 6.30. The van der Waals surface area contributed by atoms with E-state index in [4.69, 9.17) is 23.2 Å². The molecule has 8 rings (SSSR count). The lowest BCUT2D eigenvalue weighted by Crippen LogP contribution is -2.50. The van der Waals surface area contributed by atoms with Crippen molar-refractivity contribution in [1.82, 2.24) is 19.6 Å². The van der Waals surface area contributed by atoms with Crippen LogP contribution in [0.25, 0.3) is 0 Å². The maximum absolute atomic E-state index is 12.9. The summed E-state index contributed by atoms with van der Waals surface area (Å²) in [5.41, 5.74) is 7.32. The molecular formula is C44H52Cl2N6O2. The predicted molar refractivity (Wildman–Crippen MR) is 221 cm³/mol. The molecule has 2 fully saturated rings. The number of anilines is 2. The van der Waals surface area contributed by atoms with Crippen molar-refractivity contribution in [3.63, 3.8) is 0 Å². The van der Waals surface area contributed by atoms with Gasteiger partial charge in [0.25, 0.3) is 0 Å². The van der Waals surface area contributed by atoms with Gasteiger partial charge in [0.1, 0.15) is 0 Å². The van der Waals surface area contributed by atoms with E-state index in [9.17, 15) is 9.59 Å². The summed E-state index contributed by atoms with van der Waals surface area (Å²) in [4.78, 5) is 39.3. The third-order valence-corrected chi connectivity index (χ3v) is 11.7. The number of piperazine rings is 2. The van der Waals surface area contributed by atoms with E-state index < -0.39 is 0 Å². The molecule has 0 radical (unpaired) electrons. The van der Waals surface area contributed by atoms with E-state index in [1.54, 1.807) is 0 Å². The number of rotatable bonds is 8. The van der Waals surface area contributed by atoms with Crippen molar-refractivity contribution in [2.45, 2.75) is 51.9 Å². The van der Waals surface area contributed by atoms with Crippen LogP contribution in [0, 0.1) is 0 Å². The van der Waals surface area contributed by atoms with E-state index in [2.05, 4.69) is 94.1 Å². The summed E-state index contributed by atoms with van der Waals surface area (Å²) in [6.45, 7) is 14.9. The number of para-hydroxylation sites is 2. The van der Waals surface area contributed by atoms with Crippen LogP contribution in [0.1, 0.15) is 36.1 Å². The lowest BCUT2D eigenvalue weighted by atomic mass is 10.1. The fourth-order valence-electron chi connectivity index (χ4n) is 8.33. The van der Waals surface area contributed by atoms with E-state index >= 15 is 0 Å². The first-order chi connectivity index (χ1) is 26.2. The van der Waals surface area contributed by atoms with Gasteiger partial charge in [-0.2, -0.15) is 0 Å². The maximum Gasteiger partial charge on any atom is 0.241 e. The summed E-state index contributed by atoms with van der Waals surface area (Å²) >= 11 is 11.9. The summed E-state index contributed by atoms with van der Waals surface area (Å²) < 4.78 is 0. The van der Waals surface area contributed by atoms with Crippen molar-refractivity contribution in [2.24, 2.45) is 0 Å². The molecule has 2 amide bonds. The molecule has 284 valence electrons. The highest BCUT2D eigenvalue weighted by Gasteiger charge is 2.33. The molecule has 8 nitrogen and oxygen atoms in total. The highest BCUT2D eigenvalue weighted by atomic mass is 35.5. The number of carbonyl (C=O) groups excluding carboxylic acids is 2. The minimum absolute atomic E-state index is 0.221. The third kappa shape index (κ3) is 9.54. The van der Waals surface area contributed by atoms with Crippen LogP contribution < -0.4 is 9.80 Å². The quantitative estimate of drug-likeness (QED) is 0.195. The smallest absolute Gasteiger partial charge is 0.241 e. The molecule has 4 aliphatic heterocycles. The van der Waals surface area contributed by atoms with Gasteiger partial charge in [0.15, 0.2) is 0 Å². The van der Waals surface area contributed by atoms with Crippen LogP contribution in [-0.2, 0) is 35.5 Å². The number of nitrogens with zero attached hydrogens (tertiary/aromatic N) is 6. The van der Waals surface area contributed by atoms with Crippen molar-refractivity contribution < 1.29 is 9.59 Å². The maximum atomic E-state index is 12.9. The molecule has 54 heavy (non-hydrogen) atoms. The number of fused-ring (bicyclic) bond motifs is 2. The van der Waals surface area contributed by atoms with Gasteiger partial charge < -0.3 is 9.80 Å². The molecule has 0 saturated carbocycles. The van der Waals surface area contributed by atoms with Gasteiger partial charge >= 0.3 is 0 Å². The van der Waals surface area contributed by atoms with Gasteiger partial charge in [-0.15, -0.1) is 0 Å². The van der Waals surface area contributed by atoms with Crippen LogP contribution in [0.3, 0.4) is 0 Å². The minimum Gasteiger partial charge on any atom is -0.308 e. The van der Waals surface area contributed by atoms with Gasteiger partial charge in [0.05, 0.1) is 13.1 Å². The van der Waals surface area contributed by atoms with Gasteiger partial charge in [0, 0.05) is 99.0 Å². The van der Waals surface area contributed by atoms with Gasteiger partial charge in [-0.25, -0.2) is 0 Å². The molecular weight excluding hydrogens is 715 g/mol. The summed E-state index contributed by atoms with van der Waals surface area (Å²) in [6.07, 6.45) is 1.91. The van der Waals surface area contributed by atoms with Crippen LogP contribution in [0.2, 0.25) is 10.0 Å². The Bertz CT molecular complexity index is 1740. The lowest BCUT2D eigenvalue weighted by molar-refractivity contribution is -0.121. The molecule has 2 atom stereocenters. The number of amides is 2. The monoisotopic (exact) mass is 766 g/mol. The minimum atomic E-state index is 0.221. The number of benzene rings is 4. The van der Waals surface area contributed by atoms with Crippen molar-refractivity contribution >= 4 is 46.4 Å². The first-order valence-electron chi connectivity index (χ1n) is 19.4. The Morgan fingerprint density at radius 2 is 0.833 bits per heavy atom. The van der Waals surface area contributed by atoms with E-state index in [0.29, 0.717) is 13.1 Å². The Morgan fingerprint density at radius 1 is 0.500 bits per heavy atom. The first kappa shape index (κ1) is 38.5. The third-order valence-electron chi connectivity index (χ3n) is 11.2. The van der Waals surface area contributed by atoms with Crippen LogP contribution in [0.4, 0.5) is 11.4 Å². The zero-order valence-electron chi connectivity index (χ0n) is 31.5. The summed E-state index contributed by atoms with van der Waals surface area (Å²) in [6, 6.07) is 33.2. The molecule has 4 heterocycles. The van der Waals surface area contributed by atoms with Crippen LogP contribution in [0.5, 0.6) is 0 Å². The van der Waals surface area contributed by atoms with E-state index in [0.717, 1.165) is 99.7 Å². The largest absolute Gasteiger partial charge is 0.308 e. The van der Waals surface area contributed by atoms with E-state index in [1.165, 1.54) is 22.3 Å². The van der Waals surface area contributed by atoms with Crippen molar-refractivity contribution in [3.8, 4) is 0 Å². The highest BCUT2D eigenvalue weighted by Crippen LogP contribution is 2.33. The number of hydrogen-bond donors (Lipinski definition) is 0. The average molecular weight is 768 g/mol. The Balaban J connectivity index is 0.000000167. The zero-order chi connectivity index (χ0) is 37.6. The Kier molecular flexibility index (Phi) is 12.7. The van der Waals surface area contributed by atoms with Gasteiger partial charge in [0.2, 0.25) is 11.8 Å². The normalized spacial score (nSPS) is 20.7. The fourth-order valence-corrected chi connectivity index (χ4v) is 8.59. The molecule has 0 aliphatic carbocycles. The second kappa shape index (κ2) is 17.8. The van der Waals surface area contributed by atoms with E-state index in [1.807, 2.05) is 46.2 Å². The lowest BCUT2D eigenvalue weighted by Gasteiger charge is -2.35. The number of carbonyl (C=O) groups is 2. The Morgan fingerprint density at radius 3 is 1.20 bits per heavy atom. The van der Waals surface area contributed by atoms with Crippen LogP contribution in [0.15, 0.2) is 97.1 Å². The topological polar surface area (TPSA) is 53.6 Å². The second-order valence-corrected chi connectivity index (χ2v) is 16.1. The molecule has 4 aromatic carbocycles. The first-order valence-corrected chi connectivity index (χ1v) is 20.1. The molecule has 0 aromatic heterocycles. The predicted octanol–water partition coefficient (Wildman–Crippen LogP) is 6.87. The molecule has 4 aliphatic rings. The SMILES string of the molecule is C[C@@H]1Cc2ccccc2N1C(=O)CN1CCN(Cc2ccc(Cl)cc2)CC1.C[C@H]1Cc2ccccc2N1C(=O)CN1CCN(Cc2ccc(Cl)cc2)CC1. The van der Waals surface area contributed by atoms with Gasteiger partial charge in [-0.3, -0.25) is 29.2 Å². The summed E-state index contributed by atoms with van der Waals surface area (Å²) in [7, 11) is 0. The fraction of sp³-hybridized carbons (Fsp3) is 0.409. The number of halogens is 2. The molecule has 0 N–H and O–H groups in total. The molecule has 0 spiro atoms. The van der Waals surface area contributed by atoms with Crippen molar-refractivity contribution in [2.75, 3.05) is 75.2 Å². The van der Waals surface area contributed by atoms with Gasteiger partial charge in [-0.05, 0) is 85.3 Å². The standard InChI is InChI=1S/2C22H26ClN3O/c2*1-17-14-19-4-2-3-5-21(19)26(17)22(27)16-25-12-10-24(11-13-25)15-18-6-8-20(23)9-7-18/h2*2-9,17H,10-16H2,1H3/t2*17-/m10/s1. The second-order valence-electron chi connectivity index (χ2n) is 15.2. The number of hydrogen-bond acceptors (Lipinski definition) is 6. The Labute approximate surface area is 330 Å². The molecule has 4 aromatic rings. The molecule has 0 bridgehead atoms. The molecule has 2 saturated heterocycles. The van der Waals surface area contributed by atoms with Crippen LogP contribution in [-0.4, -0.2) is 109 Å². The molecule has 10 heteroatoms. The molecule has 0 unspecified atom stereocenters. The zero-order valence-corrected chi connectivity index (χ0v) is 33.1. The van der Waals surface area contributed by atoms with Crippen molar-refractivity contribution in [3.05, 3.63) is 129 Å². The average Bonchev–Trinajstić information content (AvgIpc) is 3.70. The summed E-state index contributed by atoms with van der Waals surface area (Å²) in [5.74, 6) is 0.442. The summed E-state index contributed by atoms with van der Waals surface area (Å²) in [5, 5.41) is 1.56. The van der Waals surface area contributed by atoms with E-state index in [-0.39, 0.29) is 23.9 Å². The Hall–Kier alpha value is -3.76. The van der Waals surface area contributed by atoms with Gasteiger partial charge in [-0.1, -0.05) is 83.9 Å². The van der Waals surface area contributed by atoms with Crippen molar-refractivity contribution in [1.29, 1.82) is 0 Å². The van der Waals surface area contributed by atoms with Crippen LogP contribution >= 0.6 is 23.2 Å².